The number of nitrogens with one attached hydrogen (secondary N) is 1. The lowest BCUT2D eigenvalue weighted by atomic mass is 10.2. The summed E-state index contributed by atoms with van der Waals surface area (Å²) in [7, 11) is 0. The maximum absolute atomic E-state index is 5.89. The summed E-state index contributed by atoms with van der Waals surface area (Å²) in [6.07, 6.45) is 0.962. The van der Waals surface area contributed by atoms with E-state index in [9.17, 15) is 0 Å². The summed E-state index contributed by atoms with van der Waals surface area (Å²) in [5.74, 6) is 1.34. The van der Waals surface area contributed by atoms with Gasteiger partial charge in [0.15, 0.2) is 5.96 Å². The van der Waals surface area contributed by atoms with E-state index in [-0.39, 0.29) is 24.0 Å². The van der Waals surface area contributed by atoms with Crippen LogP contribution in [0.2, 0.25) is 0 Å². The molecule has 0 aliphatic rings. The molecule has 1 aromatic heterocycles. The van der Waals surface area contributed by atoms with Crippen LogP contribution in [-0.2, 0) is 13.0 Å². The zero-order valence-corrected chi connectivity index (χ0v) is 15.8. The minimum absolute atomic E-state index is 0. The second kappa shape index (κ2) is 10.4. The summed E-state index contributed by atoms with van der Waals surface area (Å²) in [5.41, 5.74) is 6.93. The van der Waals surface area contributed by atoms with Gasteiger partial charge in [-0.05, 0) is 30.9 Å². The zero-order valence-electron chi connectivity index (χ0n) is 12.6. The van der Waals surface area contributed by atoms with Crippen molar-refractivity contribution in [3.05, 3.63) is 52.2 Å². The van der Waals surface area contributed by atoms with Crippen LogP contribution in [0, 0.1) is 0 Å². The fraction of sp³-hybridized carbons (Fsp3) is 0.312. The number of hydrogen-bond donors (Lipinski definition) is 2. The number of halogens is 1. The quantitative estimate of drug-likeness (QED) is 0.401. The summed E-state index contributed by atoms with van der Waals surface area (Å²) in [6.45, 7) is 3.94. The van der Waals surface area contributed by atoms with E-state index in [0.717, 1.165) is 24.3 Å². The number of guanidine groups is 1. The molecule has 0 aliphatic carbocycles. The first-order chi connectivity index (χ1) is 10.3. The van der Waals surface area contributed by atoms with E-state index < -0.39 is 0 Å². The van der Waals surface area contributed by atoms with Gasteiger partial charge in [0.25, 0.3) is 0 Å². The third-order valence-corrected chi connectivity index (χ3v) is 3.89. The van der Waals surface area contributed by atoms with Crippen molar-refractivity contribution in [1.82, 2.24) is 5.32 Å². The molecule has 22 heavy (non-hydrogen) atoms. The van der Waals surface area contributed by atoms with Crippen LogP contribution in [-0.4, -0.2) is 19.1 Å². The fourth-order valence-corrected chi connectivity index (χ4v) is 2.63. The molecule has 0 aliphatic heterocycles. The number of aliphatic imine (C=N–C) groups is 1. The van der Waals surface area contributed by atoms with Crippen molar-refractivity contribution in [2.24, 2.45) is 10.7 Å². The highest BCUT2D eigenvalue weighted by molar-refractivity contribution is 14.0. The predicted octanol–water partition coefficient (Wildman–Crippen LogP) is 3.41. The Bertz CT molecular complexity index is 573. The molecule has 4 nitrogen and oxygen atoms in total. The van der Waals surface area contributed by atoms with Gasteiger partial charge in [-0.1, -0.05) is 24.3 Å². The fourth-order valence-electron chi connectivity index (χ4n) is 1.93. The summed E-state index contributed by atoms with van der Waals surface area (Å²) < 4.78 is 5.57. The predicted molar refractivity (Wildman–Crippen MR) is 104 cm³/mol. The van der Waals surface area contributed by atoms with Gasteiger partial charge < -0.3 is 15.8 Å². The number of nitrogens with two attached hydrogens (primary N) is 1. The largest absolute Gasteiger partial charge is 0.494 e. The molecule has 0 bridgehead atoms. The average molecular weight is 431 g/mol. The van der Waals surface area contributed by atoms with Crippen LogP contribution < -0.4 is 15.8 Å². The number of thiophene rings is 1. The summed E-state index contributed by atoms with van der Waals surface area (Å²) in [4.78, 5) is 5.71. The molecule has 0 atom stereocenters. The third kappa shape index (κ3) is 6.23. The Morgan fingerprint density at radius 3 is 2.82 bits per heavy atom. The minimum atomic E-state index is 0. The second-order valence-electron chi connectivity index (χ2n) is 4.50. The smallest absolute Gasteiger partial charge is 0.188 e. The first-order valence-corrected chi connectivity index (χ1v) is 7.94. The number of para-hydroxylation sites is 1. The molecule has 0 fully saturated rings. The van der Waals surface area contributed by atoms with Crippen LogP contribution in [0.3, 0.4) is 0 Å². The molecular formula is C16H22IN3OS. The van der Waals surface area contributed by atoms with Gasteiger partial charge >= 0.3 is 0 Å². The minimum Gasteiger partial charge on any atom is -0.494 e. The normalized spacial score (nSPS) is 10.9. The Morgan fingerprint density at radius 2 is 2.09 bits per heavy atom. The van der Waals surface area contributed by atoms with E-state index in [0.29, 0.717) is 19.1 Å². The van der Waals surface area contributed by atoms with Crippen molar-refractivity contribution >= 4 is 41.3 Å². The molecule has 0 saturated carbocycles. The van der Waals surface area contributed by atoms with Gasteiger partial charge in [0.2, 0.25) is 0 Å². The summed E-state index contributed by atoms with van der Waals surface area (Å²) >= 11 is 1.76. The van der Waals surface area contributed by atoms with Crippen molar-refractivity contribution in [2.45, 2.75) is 19.9 Å². The lowest BCUT2D eigenvalue weighted by Gasteiger charge is -2.09. The first kappa shape index (κ1) is 18.8. The van der Waals surface area contributed by atoms with Gasteiger partial charge in [-0.3, -0.25) is 0 Å². The molecular weight excluding hydrogens is 409 g/mol. The monoisotopic (exact) mass is 431 g/mol. The van der Waals surface area contributed by atoms with E-state index in [1.54, 1.807) is 11.3 Å². The summed E-state index contributed by atoms with van der Waals surface area (Å²) in [6, 6.07) is 12.1. The van der Waals surface area contributed by atoms with E-state index >= 15 is 0 Å². The molecule has 0 saturated heterocycles. The first-order valence-electron chi connectivity index (χ1n) is 7.06. The average Bonchev–Trinajstić information content (AvgIpc) is 3.00. The number of rotatable bonds is 7. The molecule has 1 aromatic carbocycles. The molecule has 0 unspecified atom stereocenters. The number of nitrogens with zero attached hydrogens (tertiary/aromatic N) is 1. The molecule has 0 radical (unpaired) electrons. The Kier molecular flexibility index (Phi) is 8.91. The molecule has 120 valence electrons. The van der Waals surface area contributed by atoms with Gasteiger partial charge in [0.05, 0.1) is 13.2 Å². The van der Waals surface area contributed by atoms with Crippen LogP contribution in [0.25, 0.3) is 0 Å². The molecule has 0 spiro atoms. The summed E-state index contributed by atoms with van der Waals surface area (Å²) in [5, 5.41) is 5.22. The van der Waals surface area contributed by atoms with E-state index in [1.807, 2.05) is 31.2 Å². The van der Waals surface area contributed by atoms with Gasteiger partial charge in [-0.25, -0.2) is 4.99 Å². The highest BCUT2D eigenvalue weighted by Crippen LogP contribution is 2.18. The van der Waals surface area contributed by atoms with E-state index in [2.05, 4.69) is 27.8 Å². The van der Waals surface area contributed by atoms with Crippen molar-refractivity contribution in [1.29, 1.82) is 0 Å². The van der Waals surface area contributed by atoms with E-state index in [4.69, 9.17) is 10.5 Å². The number of benzene rings is 1. The Morgan fingerprint density at radius 1 is 1.27 bits per heavy atom. The topological polar surface area (TPSA) is 59.6 Å². The standard InChI is InChI=1S/C16H21N3OS.HI/c1-2-20-15-8-4-3-6-13(15)12-19-16(17)18-10-9-14-7-5-11-21-14;/h3-8,11H,2,9-10,12H2,1H3,(H3,17,18,19);1H. The lowest BCUT2D eigenvalue weighted by molar-refractivity contribution is 0.336. The molecule has 2 aromatic rings. The maximum atomic E-state index is 5.89. The van der Waals surface area contributed by atoms with Crippen molar-refractivity contribution in [3.8, 4) is 5.75 Å². The van der Waals surface area contributed by atoms with Crippen LogP contribution in [0.15, 0.2) is 46.8 Å². The van der Waals surface area contributed by atoms with Crippen molar-refractivity contribution in [2.75, 3.05) is 13.2 Å². The number of hydrogen-bond acceptors (Lipinski definition) is 3. The van der Waals surface area contributed by atoms with Gasteiger partial charge in [-0.2, -0.15) is 0 Å². The molecule has 3 N–H and O–H groups in total. The second-order valence-corrected chi connectivity index (χ2v) is 5.53. The Balaban J connectivity index is 0.00000242. The van der Waals surface area contributed by atoms with Crippen molar-refractivity contribution < 1.29 is 4.74 Å². The molecule has 1 heterocycles. The van der Waals surface area contributed by atoms with Crippen molar-refractivity contribution in [3.63, 3.8) is 0 Å². The van der Waals surface area contributed by atoms with Gasteiger partial charge in [-0.15, -0.1) is 35.3 Å². The van der Waals surface area contributed by atoms with Crippen LogP contribution in [0.5, 0.6) is 5.75 Å². The third-order valence-electron chi connectivity index (χ3n) is 2.95. The highest BCUT2D eigenvalue weighted by atomic mass is 127. The molecule has 2 rings (SSSR count). The van der Waals surface area contributed by atoms with Crippen LogP contribution >= 0.6 is 35.3 Å². The van der Waals surface area contributed by atoms with E-state index in [1.165, 1.54) is 4.88 Å². The van der Waals surface area contributed by atoms with Crippen LogP contribution in [0.1, 0.15) is 17.4 Å². The SMILES string of the molecule is CCOc1ccccc1CN=C(N)NCCc1cccs1.I. The maximum Gasteiger partial charge on any atom is 0.188 e. The zero-order chi connectivity index (χ0) is 14.9. The van der Waals surface area contributed by atoms with Gasteiger partial charge in [0.1, 0.15) is 5.75 Å². The van der Waals surface area contributed by atoms with Crippen LogP contribution in [0.4, 0.5) is 0 Å². The lowest BCUT2D eigenvalue weighted by Crippen LogP contribution is -2.33. The highest BCUT2D eigenvalue weighted by Gasteiger charge is 2.01. The number of ether oxygens (including phenoxy) is 1. The molecule has 0 amide bonds. The molecule has 6 heteroatoms. The van der Waals surface area contributed by atoms with Gasteiger partial charge in [0, 0.05) is 17.0 Å². The Labute approximate surface area is 152 Å². The Hall–Kier alpha value is -1.28.